The zero-order valence-corrected chi connectivity index (χ0v) is 8.74. The Kier molecular flexibility index (Phi) is 3.04. The van der Waals surface area contributed by atoms with E-state index in [4.69, 9.17) is 0 Å². The largest absolute Gasteiger partial charge is 0.354 e. The molecule has 1 heterocycles. The van der Waals surface area contributed by atoms with Gasteiger partial charge >= 0.3 is 0 Å². The summed E-state index contributed by atoms with van der Waals surface area (Å²) in [4.78, 5) is 25.0. The van der Waals surface area contributed by atoms with Crippen molar-refractivity contribution >= 4 is 11.8 Å². The number of carbonyl (C=O) groups excluding carboxylic acids is 2. The van der Waals surface area contributed by atoms with Crippen molar-refractivity contribution < 1.29 is 9.59 Å². The molecule has 0 atom stereocenters. The molecule has 0 radical (unpaired) electrons. The summed E-state index contributed by atoms with van der Waals surface area (Å²) in [5, 5.41) is 2.77. The third kappa shape index (κ3) is 2.37. The number of hydrogen-bond acceptors (Lipinski definition) is 2. The van der Waals surface area contributed by atoms with E-state index in [0.29, 0.717) is 13.1 Å². The predicted molar refractivity (Wildman–Crippen MR) is 56.1 cm³/mol. The first-order valence-electron chi connectivity index (χ1n) is 5.48. The third-order valence-electron chi connectivity index (χ3n) is 2.93. The van der Waals surface area contributed by atoms with E-state index >= 15 is 0 Å². The number of rotatable bonds is 1. The number of allylic oxidation sites excluding steroid dienone is 2. The molecule has 0 aromatic carbocycles. The lowest BCUT2D eigenvalue weighted by molar-refractivity contribution is -0.138. The number of amides is 2. The van der Waals surface area contributed by atoms with Gasteiger partial charge in [0.05, 0.1) is 6.54 Å². The van der Waals surface area contributed by atoms with Gasteiger partial charge in [-0.1, -0.05) is 12.2 Å². The smallest absolute Gasteiger partial charge is 0.239 e. The number of carbonyl (C=O) groups is 2. The molecular weight excluding hydrogens is 192 g/mol. The Morgan fingerprint density at radius 2 is 2.13 bits per heavy atom. The van der Waals surface area contributed by atoms with Crippen LogP contribution in [0.5, 0.6) is 0 Å². The van der Waals surface area contributed by atoms with Crippen LogP contribution in [0.25, 0.3) is 0 Å². The predicted octanol–water partition coefficient (Wildman–Crippen LogP) is 0.301. The molecule has 4 heteroatoms. The van der Waals surface area contributed by atoms with Crippen molar-refractivity contribution in [3.05, 3.63) is 12.2 Å². The number of hydrogen-bond donors (Lipinski definition) is 1. The minimum absolute atomic E-state index is 0.0354. The van der Waals surface area contributed by atoms with E-state index < -0.39 is 0 Å². The Morgan fingerprint density at radius 3 is 2.87 bits per heavy atom. The molecule has 1 aliphatic carbocycles. The van der Waals surface area contributed by atoms with Crippen LogP contribution in [0.2, 0.25) is 0 Å². The summed E-state index contributed by atoms with van der Waals surface area (Å²) in [7, 11) is 0. The highest BCUT2D eigenvalue weighted by atomic mass is 16.2. The molecule has 82 valence electrons. The lowest BCUT2D eigenvalue weighted by Crippen LogP contribution is -2.40. The van der Waals surface area contributed by atoms with E-state index in [2.05, 4.69) is 5.32 Å². The highest BCUT2D eigenvalue weighted by Crippen LogP contribution is 2.20. The SMILES string of the molecule is O=C1CN(C(=O)C2CC=CC2)CCCN1. The minimum atomic E-state index is -0.0354. The lowest BCUT2D eigenvalue weighted by atomic mass is 10.1. The van der Waals surface area contributed by atoms with Gasteiger partial charge in [0.15, 0.2) is 0 Å². The molecular formula is C11H16N2O2. The van der Waals surface area contributed by atoms with Crippen LogP contribution in [0.1, 0.15) is 19.3 Å². The van der Waals surface area contributed by atoms with Crippen LogP contribution in [0.3, 0.4) is 0 Å². The van der Waals surface area contributed by atoms with Gasteiger partial charge in [0.2, 0.25) is 11.8 Å². The third-order valence-corrected chi connectivity index (χ3v) is 2.93. The Morgan fingerprint density at radius 1 is 1.40 bits per heavy atom. The van der Waals surface area contributed by atoms with Crippen molar-refractivity contribution in [3.8, 4) is 0 Å². The maximum atomic E-state index is 12.0. The van der Waals surface area contributed by atoms with Crippen LogP contribution in [-0.4, -0.2) is 36.3 Å². The molecule has 1 saturated heterocycles. The summed E-state index contributed by atoms with van der Waals surface area (Å²) < 4.78 is 0. The van der Waals surface area contributed by atoms with Crippen molar-refractivity contribution in [2.45, 2.75) is 19.3 Å². The molecule has 0 bridgehead atoms. The first kappa shape index (κ1) is 10.2. The summed E-state index contributed by atoms with van der Waals surface area (Å²) in [5.41, 5.74) is 0. The highest BCUT2D eigenvalue weighted by molar-refractivity contribution is 5.86. The summed E-state index contributed by atoms with van der Waals surface area (Å²) in [6.45, 7) is 1.62. The standard InChI is InChI=1S/C11H16N2O2/c14-10-8-13(7-3-6-12-10)11(15)9-4-1-2-5-9/h1-2,9H,3-8H2,(H,12,14). The van der Waals surface area contributed by atoms with Crippen LogP contribution in [0, 0.1) is 5.92 Å². The van der Waals surface area contributed by atoms with Gasteiger partial charge in [0, 0.05) is 19.0 Å². The summed E-state index contributed by atoms with van der Waals surface area (Å²) >= 11 is 0. The molecule has 1 N–H and O–H groups in total. The molecule has 0 saturated carbocycles. The van der Waals surface area contributed by atoms with Crippen molar-refractivity contribution in [1.82, 2.24) is 10.2 Å². The van der Waals surface area contributed by atoms with E-state index in [0.717, 1.165) is 19.3 Å². The Hall–Kier alpha value is -1.32. The topological polar surface area (TPSA) is 49.4 Å². The highest BCUT2D eigenvalue weighted by Gasteiger charge is 2.26. The van der Waals surface area contributed by atoms with Crippen LogP contribution in [0.4, 0.5) is 0 Å². The van der Waals surface area contributed by atoms with Gasteiger partial charge in [-0.2, -0.15) is 0 Å². The van der Waals surface area contributed by atoms with Gasteiger partial charge in [-0.15, -0.1) is 0 Å². The van der Waals surface area contributed by atoms with E-state index in [-0.39, 0.29) is 24.3 Å². The number of nitrogens with one attached hydrogen (secondary N) is 1. The monoisotopic (exact) mass is 208 g/mol. The van der Waals surface area contributed by atoms with Gasteiger partial charge in [0.25, 0.3) is 0 Å². The second-order valence-corrected chi connectivity index (χ2v) is 4.10. The summed E-state index contributed by atoms with van der Waals surface area (Å²) in [5.74, 6) is 0.180. The molecule has 15 heavy (non-hydrogen) atoms. The molecule has 2 rings (SSSR count). The van der Waals surface area contributed by atoms with Gasteiger partial charge in [-0.05, 0) is 19.3 Å². The quantitative estimate of drug-likeness (QED) is 0.630. The zero-order valence-electron chi connectivity index (χ0n) is 8.74. The van der Waals surface area contributed by atoms with Crippen molar-refractivity contribution in [2.24, 2.45) is 5.92 Å². The fraction of sp³-hybridized carbons (Fsp3) is 0.636. The second kappa shape index (κ2) is 4.47. The average Bonchev–Trinajstić information content (AvgIpc) is 2.67. The van der Waals surface area contributed by atoms with Crippen LogP contribution < -0.4 is 5.32 Å². The summed E-state index contributed by atoms with van der Waals surface area (Å²) in [6, 6.07) is 0. The van der Waals surface area contributed by atoms with E-state index in [9.17, 15) is 9.59 Å². The summed E-state index contributed by atoms with van der Waals surface area (Å²) in [6.07, 6.45) is 6.60. The van der Waals surface area contributed by atoms with Gasteiger partial charge < -0.3 is 10.2 Å². The van der Waals surface area contributed by atoms with Crippen molar-refractivity contribution in [2.75, 3.05) is 19.6 Å². The molecule has 4 nitrogen and oxygen atoms in total. The van der Waals surface area contributed by atoms with Crippen molar-refractivity contribution in [3.63, 3.8) is 0 Å². The van der Waals surface area contributed by atoms with E-state index in [1.807, 2.05) is 12.2 Å². The maximum absolute atomic E-state index is 12.0. The first-order valence-corrected chi connectivity index (χ1v) is 5.48. The molecule has 0 spiro atoms. The normalized spacial score (nSPS) is 22.7. The van der Waals surface area contributed by atoms with Crippen LogP contribution in [-0.2, 0) is 9.59 Å². The molecule has 2 amide bonds. The van der Waals surface area contributed by atoms with Crippen LogP contribution in [0.15, 0.2) is 12.2 Å². The Balaban J connectivity index is 1.95. The molecule has 1 fully saturated rings. The Labute approximate surface area is 89.3 Å². The average molecular weight is 208 g/mol. The lowest BCUT2D eigenvalue weighted by Gasteiger charge is -2.22. The molecule has 0 unspecified atom stereocenters. The fourth-order valence-corrected chi connectivity index (χ4v) is 2.07. The molecule has 1 aliphatic heterocycles. The van der Waals surface area contributed by atoms with Crippen LogP contribution >= 0.6 is 0 Å². The zero-order chi connectivity index (χ0) is 10.7. The number of nitrogens with zero attached hydrogens (tertiary/aromatic N) is 1. The molecule has 0 aromatic rings. The Bertz CT molecular complexity index is 291. The molecule has 2 aliphatic rings. The fourth-order valence-electron chi connectivity index (χ4n) is 2.07. The van der Waals surface area contributed by atoms with E-state index in [1.165, 1.54) is 0 Å². The second-order valence-electron chi connectivity index (χ2n) is 4.10. The van der Waals surface area contributed by atoms with Gasteiger partial charge in [0.1, 0.15) is 0 Å². The van der Waals surface area contributed by atoms with Gasteiger partial charge in [-0.3, -0.25) is 9.59 Å². The molecule has 0 aromatic heterocycles. The van der Waals surface area contributed by atoms with E-state index in [1.54, 1.807) is 4.90 Å². The first-order chi connectivity index (χ1) is 7.27. The minimum Gasteiger partial charge on any atom is -0.354 e. The van der Waals surface area contributed by atoms with Gasteiger partial charge in [-0.25, -0.2) is 0 Å². The maximum Gasteiger partial charge on any atom is 0.239 e. The van der Waals surface area contributed by atoms with Crippen molar-refractivity contribution in [1.29, 1.82) is 0 Å².